The van der Waals surface area contributed by atoms with E-state index in [0.717, 1.165) is 39.7 Å². The zero-order valence-electron chi connectivity index (χ0n) is 20.2. The van der Waals surface area contributed by atoms with Crippen molar-refractivity contribution in [3.8, 4) is 5.75 Å². The van der Waals surface area contributed by atoms with E-state index >= 15 is 0 Å². The van der Waals surface area contributed by atoms with E-state index < -0.39 is 21.7 Å². The summed E-state index contributed by atoms with van der Waals surface area (Å²) in [6.45, 7) is 5.86. The predicted molar refractivity (Wildman–Crippen MR) is 136 cm³/mol. The first-order valence-corrected chi connectivity index (χ1v) is 13.0. The molecule has 0 radical (unpaired) electrons. The number of nitrogens with zero attached hydrogens (tertiary/aromatic N) is 1. The van der Waals surface area contributed by atoms with Crippen LogP contribution in [0.25, 0.3) is 0 Å². The Morgan fingerprint density at radius 3 is 2.20 bits per heavy atom. The molecule has 0 saturated heterocycles. The Labute approximate surface area is 206 Å². The molecule has 0 aliphatic rings. The monoisotopic (exact) mass is 498 g/mol. The summed E-state index contributed by atoms with van der Waals surface area (Å²) >= 11 is 0. The third-order valence-electron chi connectivity index (χ3n) is 5.27. The molecule has 1 amide bonds. The van der Waals surface area contributed by atoms with E-state index in [9.17, 15) is 17.6 Å². The Bertz CT molecular complexity index is 1210. The van der Waals surface area contributed by atoms with Crippen molar-refractivity contribution in [1.82, 2.24) is 5.32 Å². The highest BCUT2D eigenvalue weighted by Crippen LogP contribution is 2.24. The third-order valence-corrected chi connectivity index (χ3v) is 7.06. The van der Waals surface area contributed by atoms with Gasteiger partial charge < -0.3 is 10.1 Å². The van der Waals surface area contributed by atoms with E-state index in [-0.39, 0.29) is 17.5 Å². The van der Waals surface area contributed by atoms with Crippen LogP contribution < -0.4 is 14.4 Å². The van der Waals surface area contributed by atoms with Crippen LogP contribution in [0.4, 0.5) is 10.1 Å². The second-order valence-electron chi connectivity index (χ2n) is 8.57. The maximum Gasteiger partial charge on any atom is 0.264 e. The molecule has 8 heteroatoms. The number of halogens is 1. The zero-order valence-corrected chi connectivity index (χ0v) is 21.0. The van der Waals surface area contributed by atoms with Crippen molar-refractivity contribution >= 4 is 21.6 Å². The molecule has 3 rings (SSSR count). The van der Waals surface area contributed by atoms with Crippen LogP contribution in [-0.4, -0.2) is 33.5 Å². The highest BCUT2D eigenvalue weighted by molar-refractivity contribution is 7.92. The second-order valence-corrected chi connectivity index (χ2v) is 10.4. The lowest BCUT2D eigenvalue weighted by molar-refractivity contribution is -0.119. The molecular formula is C27H31FN2O4S. The van der Waals surface area contributed by atoms with E-state index in [1.807, 2.05) is 45.0 Å². The topological polar surface area (TPSA) is 75.7 Å². The Hall–Kier alpha value is -3.39. The molecule has 0 aliphatic heterocycles. The lowest BCUT2D eigenvalue weighted by Gasteiger charge is -2.24. The summed E-state index contributed by atoms with van der Waals surface area (Å²) in [6.07, 6.45) is 1.57. The number of benzene rings is 3. The van der Waals surface area contributed by atoms with Crippen molar-refractivity contribution in [3.63, 3.8) is 0 Å². The molecule has 6 nitrogen and oxygen atoms in total. The van der Waals surface area contributed by atoms with Gasteiger partial charge in [0.15, 0.2) is 0 Å². The van der Waals surface area contributed by atoms with E-state index in [1.165, 1.54) is 12.1 Å². The summed E-state index contributed by atoms with van der Waals surface area (Å²) in [5, 5.41) is 2.80. The number of nitrogens with one attached hydrogen (secondary N) is 1. The molecule has 0 fully saturated rings. The number of anilines is 1. The first-order chi connectivity index (χ1) is 16.6. The van der Waals surface area contributed by atoms with Gasteiger partial charge in [0, 0.05) is 6.54 Å². The van der Waals surface area contributed by atoms with Gasteiger partial charge in [-0.2, -0.15) is 0 Å². The van der Waals surface area contributed by atoms with Crippen LogP contribution >= 0.6 is 0 Å². The first kappa shape index (κ1) is 26.2. The Kier molecular flexibility index (Phi) is 8.87. The molecule has 0 bridgehead atoms. The van der Waals surface area contributed by atoms with E-state index in [4.69, 9.17) is 4.74 Å². The normalized spacial score (nSPS) is 11.3. The lowest BCUT2D eigenvalue weighted by atomic mass is 10.1. The summed E-state index contributed by atoms with van der Waals surface area (Å²) in [5.74, 6) is -0.141. The van der Waals surface area contributed by atoms with Crippen molar-refractivity contribution in [2.45, 2.75) is 44.6 Å². The van der Waals surface area contributed by atoms with Crippen LogP contribution in [0, 0.1) is 12.7 Å². The smallest absolute Gasteiger partial charge is 0.264 e. The van der Waals surface area contributed by atoms with Gasteiger partial charge in [-0.05, 0) is 87.7 Å². The number of carbonyl (C=O) groups is 1. The van der Waals surface area contributed by atoms with Gasteiger partial charge in [0.2, 0.25) is 5.91 Å². The molecule has 3 aromatic rings. The number of hydrogen-bond donors (Lipinski definition) is 1. The van der Waals surface area contributed by atoms with Gasteiger partial charge in [-0.3, -0.25) is 9.10 Å². The van der Waals surface area contributed by atoms with Crippen molar-refractivity contribution in [2.24, 2.45) is 0 Å². The fourth-order valence-electron chi connectivity index (χ4n) is 3.47. The molecule has 186 valence electrons. The van der Waals surface area contributed by atoms with Crippen molar-refractivity contribution in [1.29, 1.82) is 0 Å². The van der Waals surface area contributed by atoms with E-state index in [1.54, 1.807) is 24.3 Å². The zero-order chi connectivity index (χ0) is 25.4. The van der Waals surface area contributed by atoms with E-state index in [0.29, 0.717) is 18.7 Å². The fourth-order valence-corrected chi connectivity index (χ4v) is 4.89. The minimum Gasteiger partial charge on any atom is -0.491 e. The van der Waals surface area contributed by atoms with Crippen LogP contribution in [0.3, 0.4) is 0 Å². The Morgan fingerprint density at radius 2 is 1.60 bits per heavy atom. The Morgan fingerprint density at radius 1 is 0.971 bits per heavy atom. The molecule has 0 heterocycles. The molecule has 0 aromatic heterocycles. The van der Waals surface area contributed by atoms with Crippen LogP contribution in [0.15, 0.2) is 77.7 Å². The van der Waals surface area contributed by atoms with Crippen LogP contribution in [0.2, 0.25) is 0 Å². The molecule has 0 unspecified atom stereocenters. The minimum atomic E-state index is -4.07. The molecule has 0 aliphatic carbocycles. The Balaban J connectivity index is 1.62. The number of ether oxygens (including phenoxy) is 1. The molecule has 0 atom stereocenters. The highest BCUT2D eigenvalue weighted by Gasteiger charge is 2.27. The fraction of sp³-hybridized carbons (Fsp3) is 0.296. The van der Waals surface area contributed by atoms with Gasteiger partial charge in [0.1, 0.15) is 18.1 Å². The van der Waals surface area contributed by atoms with Gasteiger partial charge in [-0.1, -0.05) is 29.8 Å². The van der Waals surface area contributed by atoms with Crippen molar-refractivity contribution in [3.05, 3.63) is 89.7 Å². The summed E-state index contributed by atoms with van der Waals surface area (Å²) in [7, 11) is -4.07. The maximum absolute atomic E-state index is 13.3. The van der Waals surface area contributed by atoms with Crippen LogP contribution in [0.5, 0.6) is 5.75 Å². The summed E-state index contributed by atoms with van der Waals surface area (Å²) in [6, 6.07) is 19.2. The second kappa shape index (κ2) is 11.8. The molecule has 3 aromatic carbocycles. The number of aryl methyl sites for hydroxylation is 2. The van der Waals surface area contributed by atoms with E-state index in [2.05, 4.69) is 5.32 Å². The molecule has 35 heavy (non-hydrogen) atoms. The largest absolute Gasteiger partial charge is 0.491 e. The number of amides is 1. The average molecular weight is 499 g/mol. The number of sulfonamides is 1. The van der Waals surface area contributed by atoms with Crippen LogP contribution in [0.1, 0.15) is 31.4 Å². The molecule has 0 spiro atoms. The molecular weight excluding hydrogens is 467 g/mol. The number of hydrogen-bond acceptors (Lipinski definition) is 4. The van der Waals surface area contributed by atoms with Gasteiger partial charge in [0.25, 0.3) is 10.0 Å². The average Bonchev–Trinajstić information content (AvgIpc) is 2.82. The summed E-state index contributed by atoms with van der Waals surface area (Å²) in [4.78, 5) is 12.6. The van der Waals surface area contributed by atoms with Crippen molar-refractivity contribution in [2.75, 3.05) is 17.4 Å². The third kappa shape index (κ3) is 7.55. The quantitative estimate of drug-likeness (QED) is 0.383. The van der Waals surface area contributed by atoms with Gasteiger partial charge in [0.05, 0.1) is 16.7 Å². The first-order valence-electron chi connectivity index (χ1n) is 11.5. The molecule has 1 N–H and O–H groups in total. The van der Waals surface area contributed by atoms with Gasteiger partial charge >= 0.3 is 0 Å². The highest BCUT2D eigenvalue weighted by atomic mass is 32.2. The SMILES string of the molecule is Cc1ccc(N(CC(=O)NCCCc2ccc(OC(C)C)cc2)S(=O)(=O)c2ccc(F)cc2)cc1. The predicted octanol–water partition coefficient (Wildman–Crippen LogP) is 4.87. The van der Waals surface area contributed by atoms with Gasteiger partial charge in [-0.15, -0.1) is 0 Å². The minimum absolute atomic E-state index is 0.0860. The standard InChI is InChI=1S/C27H31FN2O4S/c1-20(2)34-25-14-8-22(9-15-25)5-4-18-29-27(31)19-30(24-12-6-21(3)7-13-24)35(32,33)26-16-10-23(28)11-17-26/h6-17,20H,4-5,18-19H2,1-3H3,(H,29,31). The summed E-state index contributed by atoms with van der Waals surface area (Å²) in [5.41, 5.74) is 2.44. The lowest BCUT2D eigenvalue weighted by Crippen LogP contribution is -2.41. The maximum atomic E-state index is 13.3. The van der Waals surface area contributed by atoms with Crippen molar-refractivity contribution < 1.29 is 22.3 Å². The van der Waals surface area contributed by atoms with Crippen LogP contribution in [-0.2, 0) is 21.2 Å². The molecule has 0 saturated carbocycles. The summed E-state index contributed by atoms with van der Waals surface area (Å²) < 4.78 is 46.6. The van der Waals surface area contributed by atoms with Gasteiger partial charge in [-0.25, -0.2) is 12.8 Å². The number of carbonyl (C=O) groups excluding carboxylic acids is 1. The number of rotatable bonds is 11.